The Bertz CT molecular complexity index is 2280. The van der Waals surface area contributed by atoms with Crippen molar-refractivity contribution < 1.29 is 0 Å². The van der Waals surface area contributed by atoms with E-state index in [2.05, 4.69) is 158 Å². The van der Waals surface area contributed by atoms with Crippen molar-refractivity contribution in [1.29, 1.82) is 0 Å². The van der Waals surface area contributed by atoms with Crippen LogP contribution in [-0.2, 0) is 6.42 Å². The molecular formula is C47H36N2. The largest absolute Gasteiger partial charge is 0.398 e. The van der Waals surface area contributed by atoms with E-state index < -0.39 is 0 Å². The number of fused-ring (bicyclic) bond motifs is 5. The standard InChI is InChI=1S/C47H36N2/c48-47-41-22-12-10-20-39(41)43-30-42(43)38-19-9-11-21-40(38)46(47)37-18-8-7-17-35(37)27-31-23-25-32(26-24-31)36-28-44(33-13-3-1-4-14-33)49-45(29-36)34-15-5-2-6-16-34/h1-26,28-29,42-43H,27,30,48H2. The minimum absolute atomic E-state index is 0.540. The van der Waals surface area contributed by atoms with Crippen LogP contribution in [0.3, 0.4) is 0 Å². The first-order chi connectivity index (χ1) is 24.2. The molecule has 0 radical (unpaired) electrons. The summed E-state index contributed by atoms with van der Waals surface area (Å²) in [6.07, 6.45) is 1.99. The van der Waals surface area contributed by atoms with Gasteiger partial charge in [-0.3, -0.25) is 0 Å². The number of rotatable bonds is 6. The second kappa shape index (κ2) is 12.2. The van der Waals surface area contributed by atoms with Crippen molar-refractivity contribution >= 4 is 11.3 Å². The Kier molecular flexibility index (Phi) is 7.28. The van der Waals surface area contributed by atoms with Crippen molar-refractivity contribution in [3.05, 3.63) is 209 Å². The van der Waals surface area contributed by atoms with Crippen LogP contribution in [-0.4, -0.2) is 4.98 Å². The monoisotopic (exact) mass is 628 g/mol. The van der Waals surface area contributed by atoms with Crippen LogP contribution in [0, 0.1) is 0 Å². The minimum atomic E-state index is 0.540. The SMILES string of the molecule is NC1=C(c2ccccc2Cc2ccc(-c3cc(-c4ccccc4)nc(-c4ccccc4)c3)cc2)c2ccccc2C2CC2c2ccccc21. The molecule has 0 amide bonds. The maximum Gasteiger partial charge on any atom is 0.0715 e. The average Bonchev–Trinajstić information content (AvgIpc) is 3.97. The molecule has 1 fully saturated rings. The molecule has 2 N–H and O–H groups in total. The van der Waals surface area contributed by atoms with Gasteiger partial charge in [-0.2, -0.15) is 0 Å². The summed E-state index contributed by atoms with van der Waals surface area (Å²) in [4.78, 5) is 5.07. The summed E-state index contributed by atoms with van der Waals surface area (Å²) in [6.45, 7) is 0. The Morgan fingerprint density at radius 3 is 1.61 bits per heavy atom. The van der Waals surface area contributed by atoms with Gasteiger partial charge < -0.3 is 5.73 Å². The number of nitrogens with zero attached hydrogens (tertiary/aromatic N) is 1. The molecule has 1 saturated carbocycles. The van der Waals surface area contributed by atoms with Gasteiger partial charge in [-0.1, -0.05) is 158 Å². The number of hydrogen-bond acceptors (Lipinski definition) is 2. The van der Waals surface area contributed by atoms with Crippen LogP contribution in [0.4, 0.5) is 0 Å². The van der Waals surface area contributed by atoms with E-state index in [1.807, 2.05) is 12.1 Å². The molecule has 0 saturated heterocycles. The maximum absolute atomic E-state index is 7.22. The second-order valence-electron chi connectivity index (χ2n) is 13.3. The van der Waals surface area contributed by atoms with Gasteiger partial charge in [-0.05, 0) is 81.3 Å². The fourth-order valence-electron chi connectivity index (χ4n) is 7.73. The third kappa shape index (κ3) is 5.46. The lowest BCUT2D eigenvalue weighted by atomic mass is 9.82. The zero-order valence-corrected chi connectivity index (χ0v) is 27.3. The average molecular weight is 629 g/mol. The molecule has 2 aliphatic rings. The summed E-state index contributed by atoms with van der Waals surface area (Å²) >= 11 is 0. The smallest absolute Gasteiger partial charge is 0.0715 e. The topological polar surface area (TPSA) is 38.9 Å². The number of aromatic nitrogens is 1. The lowest BCUT2D eigenvalue weighted by Gasteiger charge is -2.23. The molecule has 2 nitrogen and oxygen atoms in total. The molecular weight excluding hydrogens is 593 g/mol. The number of pyridine rings is 1. The highest BCUT2D eigenvalue weighted by atomic mass is 14.7. The second-order valence-corrected chi connectivity index (χ2v) is 13.3. The quantitative estimate of drug-likeness (QED) is 0.199. The van der Waals surface area contributed by atoms with Gasteiger partial charge in [0.25, 0.3) is 0 Å². The first kappa shape index (κ1) is 29.2. The summed E-state index contributed by atoms with van der Waals surface area (Å²) in [5, 5.41) is 0. The lowest BCUT2D eigenvalue weighted by molar-refractivity contribution is 1.01. The number of benzene rings is 6. The zero-order chi connectivity index (χ0) is 32.7. The van der Waals surface area contributed by atoms with Crippen molar-refractivity contribution in [3.63, 3.8) is 0 Å². The van der Waals surface area contributed by atoms with Crippen LogP contribution in [0.15, 0.2) is 170 Å². The normalized spacial score (nSPS) is 16.2. The van der Waals surface area contributed by atoms with Gasteiger partial charge in [0, 0.05) is 28.0 Å². The fourth-order valence-corrected chi connectivity index (χ4v) is 7.73. The molecule has 0 spiro atoms. The molecule has 1 heterocycles. The molecule has 234 valence electrons. The van der Waals surface area contributed by atoms with Crippen LogP contribution in [0.25, 0.3) is 44.9 Å². The summed E-state index contributed by atoms with van der Waals surface area (Å²) in [5.41, 5.74) is 24.7. The Labute approximate surface area is 288 Å². The minimum Gasteiger partial charge on any atom is -0.398 e. The summed E-state index contributed by atoms with van der Waals surface area (Å²) in [7, 11) is 0. The van der Waals surface area contributed by atoms with E-state index in [-0.39, 0.29) is 0 Å². The molecule has 49 heavy (non-hydrogen) atoms. The van der Waals surface area contributed by atoms with Gasteiger partial charge in [0.2, 0.25) is 0 Å². The highest BCUT2D eigenvalue weighted by Gasteiger charge is 2.43. The number of hydrogen-bond donors (Lipinski definition) is 1. The molecule has 2 unspecified atom stereocenters. The van der Waals surface area contributed by atoms with Crippen molar-refractivity contribution in [1.82, 2.24) is 4.98 Å². The van der Waals surface area contributed by atoms with E-state index in [1.54, 1.807) is 0 Å². The van der Waals surface area contributed by atoms with Crippen LogP contribution in [0.1, 0.15) is 57.2 Å². The first-order valence-corrected chi connectivity index (χ1v) is 17.2. The van der Waals surface area contributed by atoms with E-state index in [9.17, 15) is 0 Å². The molecule has 9 rings (SSSR count). The van der Waals surface area contributed by atoms with E-state index in [1.165, 1.54) is 50.9 Å². The summed E-state index contributed by atoms with van der Waals surface area (Å²) < 4.78 is 0. The third-order valence-corrected chi connectivity index (χ3v) is 10.3. The Hall–Kier alpha value is -5.99. The van der Waals surface area contributed by atoms with Gasteiger partial charge in [-0.25, -0.2) is 4.98 Å². The van der Waals surface area contributed by atoms with Gasteiger partial charge in [0.05, 0.1) is 11.4 Å². The molecule has 1 aromatic heterocycles. The number of nitrogens with two attached hydrogens (primary N) is 1. The molecule has 6 aromatic carbocycles. The van der Waals surface area contributed by atoms with Crippen LogP contribution < -0.4 is 5.73 Å². The van der Waals surface area contributed by atoms with E-state index >= 15 is 0 Å². The Morgan fingerprint density at radius 1 is 0.469 bits per heavy atom. The molecule has 7 aromatic rings. The summed E-state index contributed by atoms with van der Waals surface area (Å²) in [6, 6.07) is 60.8. The lowest BCUT2D eigenvalue weighted by Crippen LogP contribution is -2.10. The van der Waals surface area contributed by atoms with Crippen LogP contribution in [0.5, 0.6) is 0 Å². The third-order valence-electron chi connectivity index (χ3n) is 10.3. The predicted molar refractivity (Wildman–Crippen MR) is 203 cm³/mol. The molecule has 2 aliphatic carbocycles. The van der Waals surface area contributed by atoms with Gasteiger partial charge in [0.1, 0.15) is 0 Å². The predicted octanol–water partition coefficient (Wildman–Crippen LogP) is 11.1. The van der Waals surface area contributed by atoms with Gasteiger partial charge in [0.15, 0.2) is 0 Å². The van der Waals surface area contributed by atoms with E-state index in [0.717, 1.165) is 45.8 Å². The van der Waals surface area contributed by atoms with Crippen molar-refractivity contribution in [3.8, 4) is 33.6 Å². The molecule has 0 aliphatic heterocycles. The fraction of sp³-hybridized carbons (Fsp3) is 0.0851. The zero-order valence-electron chi connectivity index (χ0n) is 27.3. The van der Waals surface area contributed by atoms with Crippen LogP contribution in [0.2, 0.25) is 0 Å². The van der Waals surface area contributed by atoms with Crippen molar-refractivity contribution in [2.24, 2.45) is 5.73 Å². The van der Waals surface area contributed by atoms with Crippen molar-refractivity contribution in [2.45, 2.75) is 24.7 Å². The highest BCUT2D eigenvalue weighted by molar-refractivity contribution is 6.00. The highest BCUT2D eigenvalue weighted by Crippen LogP contribution is 2.59. The van der Waals surface area contributed by atoms with Gasteiger partial charge in [-0.15, -0.1) is 0 Å². The van der Waals surface area contributed by atoms with E-state index in [4.69, 9.17) is 10.7 Å². The summed E-state index contributed by atoms with van der Waals surface area (Å²) in [5.74, 6) is 1.08. The van der Waals surface area contributed by atoms with Crippen molar-refractivity contribution in [2.75, 3.05) is 0 Å². The maximum atomic E-state index is 7.22. The molecule has 2 heteroatoms. The van der Waals surface area contributed by atoms with Gasteiger partial charge >= 0.3 is 0 Å². The molecule has 2 atom stereocenters. The first-order valence-electron chi connectivity index (χ1n) is 17.2. The Balaban J connectivity index is 1.10. The molecule has 0 bridgehead atoms. The van der Waals surface area contributed by atoms with E-state index in [0.29, 0.717) is 11.8 Å². The Morgan fingerprint density at radius 2 is 0.980 bits per heavy atom. The van der Waals surface area contributed by atoms with Crippen LogP contribution >= 0.6 is 0 Å².